The molecule has 0 radical (unpaired) electrons. The Bertz CT molecular complexity index is 772. The van der Waals surface area contributed by atoms with Crippen LogP contribution in [-0.2, 0) is 28.4 Å². The molecule has 2 aromatic carbocycles. The maximum Gasteiger partial charge on any atom is 0.322 e. The standard InChI is InChI=1S/C19H27N2O3PS/c1-19(24-25(22,23)26,16-8-12-18(13-9-16)21(4)5)14-15-6-10-17(11-7-15)20(2)3/h6-13H,14H2,1-5H3,(H2,22,23,26). The lowest BCUT2D eigenvalue weighted by atomic mass is 9.89. The van der Waals surface area contributed by atoms with E-state index in [1.807, 2.05) is 93.4 Å². The Balaban J connectivity index is 2.36. The van der Waals surface area contributed by atoms with E-state index in [2.05, 4.69) is 0 Å². The molecule has 0 aliphatic rings. The molecule has 2 rings (SSSR count). The first-order valence-electron chi connectivity index (χ1n) is 8.31. The molecule has 0 saturated heterocycles. The summed E-state index contributed by atoms with van der Waals surface area (Å²) >= 11 is 4.76. The van der Waals surface area contributed by atoms with Crippen LogP contribution in [0.3, 0.4) is 0 Å². The maximum atomic E-state index is 9.80. The van der Waals surface area contributed by atoms with E-state index in [9.17, 15) is 9.79 Å². The lowest BCUT2D eigenvalue weighted by molar-refractivity contribution is 0.0685. The summed E-state index contributed by atoms with van der Waals surface area (Å²) < 4.78 is 5.61. The summed E-state index contributed by atoms with van der Waals surface area (Å²) in [6, 6.07) is 15.9. The van der Waals surface area contributed by atoms with Gasteiger partial charge in [0, 0.05) is 46.0 Å². The molecular weight excluding hydrogens is 367 g/mol. The van der Waals surface area contributed by atoms with Crippen LogP contribution in [0.4, 0.5) is 11.4 Å². The number of benzene rings is 2. The zero-order chi connectivity index (χ0) is 19.5. The third-order valence-electron chi connectivity index (χ3n) is 4.31. The van der Waals surface area contributed by atoms with E-state index < -0.39 is 12.3 Å². The number of anilines is 2. The first-order chi connectivity index (χ1) is 12.0. The van der Waals surface area contributed by atoms with E-state index in [1.165, 1.54) is 0 Å². The maximum absolute atomic E-state index is 9.80. The summed E-state index contributed by atoms with van der Waals surface area (Å²) in [5.41, 5.74) is 3.08. The Hall–Kier alpha value is -1.43. The molecule has 0 amide bonds. The molecule has 0 saturated carbocycles. The zero-order valence-electron chi connectivity index (χ0n) is 15.9. The first-order valence-corrected chi connectivity index (χ1v) is 10.9. The smallest absolute Gasteiger partial charge is 0.322 e. The van der Waals surface area contributed by atoms with E-state index in [0.29, 0.717) is 6.42 Å². The zero-order valence-corrected chi connectivity index (χ0v) is 17.6. The van der Waals surface area contributed by atoms with Gasteiger partial charge in [0.1, 0.15) is 5.60 Å². The van der Waals surface area contributed by atoms with Crippen molar-refractivity contribution >= 4 is 29.9 Å². The van der Waals surface area contributed by atoms with Gasteiger partial charge in [0.25, 0.3) is 0 Å². The van der Waals surface area contributed by atoms with Crippen molar-refractivity contribution in [3.63, 3.8) is 0 Å². The van der Waals surface area contributed by atoms with Crippen LogP contribution in [0.5, 0.6) is 0 Å². The Morgan fingerprint density at radius 2 is 1.31 bits per heavy atom. The number of hydrogen-bond acceptors (Lipinski definition) is 4. The van der Waals surface area contributed by atoms with Gasteiger partial charge in [-0.15, -0.1) is 0 Å². The number of hydrogen-bond donors (Lipinski definition) is 2. The highest BCUT2D eigenvalue weighted by molar-refractivity contribution is 8.06. The second kappa shape index (κ2) is 8.07. The van der Waals surface area contributed by atoms with Gasteiger partial charge < -0.3 is 19.6 Å². The van der Waals surface area contributed by atoms with Crippen LogP contribution in [0.2, 0.25) is 0 Å². The van der Waals surface area contributed by atoms with Gasteiger partial charge in [0.05, 0.1) is 0 Å². The molecule has 26 heavy (non-hydrogen) atoms. The molecule has 7 heteroatoms. The fourth-order valence-electron chi connectivity index (χ4n) is 2.86. The molecule has 2 aromatic rings. The van der Waals surface area contributed by atoms with Crippen LogP contribution in [0.1, 0.15) is 18.1 Å². The molecule has 1 atom stereocenters. The fourth-order valence-corrected chi connectivity index (χ4v) is 4.05. The quantitative estimate of drug-likeness (QED) is 0.701. The van der Waals surface area contributed by atoms with Crippen molar-refractivity contribution < 1.29 is 14.3 Å². The van der Waals surface area contributed by atoms with Gasteiger partial charge in [-0.05, 0) is 54.1 Å². The van der Waals surface area contributed by atoms with Crippen molar-refractivity contribution in [3.8, 4) is 0 Å². The fraction of sp³-hybridized carbons (Fsp3) is 0.368. The van der Waals surface area contributed by atoms with Crippen LogP contribution in [0.15, 0.2) is 48.5 Å². The highest BCUT2D eigenvalue weighted by atomic mass is 32.5. The minimum atomic E-state index is -3.83. The molecule has 0 spiro atoms. The van der Waals surface area contributed by atoms with Gasteiger partial charge in [-0.25, -0.2) is 0 Å². The van der Waals surface area contributed by atoms with Gasteiger partial charge in [-0.2, -0.15) is 0 Å². The van der Waals surface area contributed by atoms with Crippen LogP contribution < -0.4 is 9.80 Å². The average molecular weight is 394 g/mol. The average Bonchev–Trinajstić information content (AvgIpc) is 2.53. The van der Waals surface area contributed by atoms with Crippen LogP contribution in [0, 0.1) is 0 Å². The highest BCUT2D eigenvalue weighted by Crippen LogP contribution is 2.47. The van der Waals surface area contributed by atoms with Crippen molar-refractivity contribution in [2.45, 2.75) is 18.9 Å². The summed E-state index contributed by atoms with van der Waals surface area (Å²) in [6.07, 6.45) is 0.474. The van der Waals surface area contributed by atoms with Crippen molar-refractivity contribution in [3.05, 3.63) is 59.7 Å². The second-order valence-electron chi connectivity index (χ2n) is 6.99. The molecule has 0 aliphatic carbocycles. The summed E-state index contributed by atoms with van der Waals surface area (Å²) in [7, 11) is 7.92. The van der Waals surface area contributed by atoms with Crippen molar-refractivity contribution in [1.29, 1.82) is 0 Å². The minimum Gasteiger partial charge on any atom is -0.378 e. The molecule has 5 nitrogen and oxygen atoms in total. The van der Waals surface area contributed by atoms with E-state index in [-0.39, 0.29) is 0 Å². The Morgan fingerprint density at radius 1 is 0.885 bits per heavy atom. The van der Waals surface area contributed by atoms with Gasteiger partial charge in [-0.3, -0.25) is 4.52 Å². The minimum absolute atomic E-state index is 0.474. The molecule has 1 unspecified atom stereocenters. The van der Waals surface area contributed by atoms with E-state index in [1.54, 1.807) is 0 Å². The van der Waals surface area contributed by atoms with Crippen molar-refractivity contribution in [2.75, 3.05) is 38.0 Å². The molecule has 142 valence electrons. The van der Waals surface area contributed by atoms with Crippen molar-refractivity contribution in [1.82, 2.24) is 0 Å². The predicted molar refractivity (Wildman–Crippen MR) is 112 cm³/mol. The molecule has 0 aliphatic heterocycles. The Labute approximate surface area is 161 Å². The molecule has 0 heterocycles. The Kier molecular flexibility index (Phi) is 6.48. The highest BCUT2D eigenvalue weighted by Gasteiger charge is 2.33. The predicted octanol–water partition coefficient (Wildman–Crippen LogP) is 3.50. The molecule has 0 bridgehead atoms. The monoisotopic (exact) mass is 394 g/mol. The van der Waals surface area contributed by atoms with Crippen LogP contribution >= 0.6 is 6.72 Å². The van der Waals surface area contributed by atoms with Gasteiger partial charge in [-0.1, -0.05) is 24.3 Å². The first kappa shape index (κ1) is 20.9. The topological polar surface area (TPSA) is 56.2 Å². The number of rotatable bonds is 7. The molecule has 2 N–H and O–H groups in total. The summed E-state index contributed by atoms with van der Waals surface area (Å²) in [4.78, 5) is 23.6. The third-order valence-corrected chi connectivity index (χ3v) is 5.17. The lowest BCUT2D eigenvalue weighted by Crippen LogP contribution is -2.28. The van der Waals surface area contributed by atoms with E-state index >= 15 is 0 Å². The molecule has 0 fully saturated rings. The lowest BCUT2D eigenvalue weighted by Gasteiger charge is -2.32. The van der Waals surface area contributed by atoms with E-state index in [0.717, 1.165) is 22.5 Å². The Morgan fingerprint density at radius 3 is 1.69 bits per heavy atom. The third kappa shape index (κ3) is 5.53. The van der Waals surface area contributed by atoms with E-state index in [4.69, 9.17) is 16.3 Å². The second-order valence-corrected chi connectivity index (χ2v) is 9.58. The molecule has 0 aromatic heterocycles. The summed E-state index contributed by atoms with van der Waals surface area (Å²) in [5.74, 6) is 0. The SMILES string of the molecule is CN(C)c1ccc(CC(C)(OP(O)(O)=S)c2ccc(N(C)C)cc2)cc1. The number of nitrogens with zero attached hydrogens (tertiary/aromatic N) is 2. The summed E-state index contributed by atoms with van der Waals surface area (Å²) in [5, 5.41) is 0. The summed E-state index contributed by atoms with van der Waals surface area (Å²) in [6.45, 7) is -1.99. The normalized spacial score (nSPS) is 14.0. The van der Waals surface area contributed by atoms with Crippen LogP contribution in [0.25, 0.3) is 0 Å². The van der Waals surface area contributed by atoms with Crippen molar-refractivity contribution in [2.24, 2.45) is 0 Å². The van der Waals surface area contributed by atoms with Crippen LogP contribution in [-0.4, -0.2) is 38.0 Å². The van der Waals surface area contributed by atoms with Gasteiger partial charge in [0.15, 0.2) is 0 Å². The van der Waals surface area contributed by atoms with Gasteiger partial charge >= 0.3 is 6.72 Å². The largest absolute Gasteiger partial charge is 0.378 e. The van der Waals surface area contributed by atoms with Gasteiger partial charge in [0.2, 0.25) is 0 Å². The molecular formula is C19H27N2O3PS.